The van der Waals surface area contributed by atoms with Crippen LogP contribution >= 0.6 is 0 Å². The topological polar surface area (TPSA) is 92.7 Å². The lowest BCUT2D eigenvalue weighted by Gasteiger charge is -2.09. The smallest absolute Gasteiger partial charge is 0.315 e. The van der Waals surface area contributed by atoms with Gasteiger partial charge in [0.1, 0.15) is 12.2 Å². The Morgan fingerprint density at radius 3 is 2.56 bits per heavy atom. The van der Waals surface area contributed by atoms with Gasteiger partial charge in [-0.1, -0.05) is 0 Å². The van der Waals surface area contributed by atoms with Gasteiger partial charge in [0, 0.05) is 11.6 Å². The van der Waals surface area contributed by atoms with Crippen LogP contribution in [0.5, 0.6) is 5.75 Å². The Hall–Kier alpha value is -2.37. The number of Topliss-reactive ketones (excluding diaryl/α,β-unsaturated/α-hetero) is 1. The lowest BCUT2D eigenvalue weighted by molar-refractivity contribution is -0.142. The minimum absolute atomic E-state index is 0.0895. The molecule has 1 amide bonds. The summed E-state index contributed by atoms with van der Waals surface area (Å²) in [5.74, 6) is -1.65. The van der Waals surface area contributed by atoms with Crippen molar-refractivity contribution < 1.29 is 24.2 Å². The van der Waals surface area contributed by atoms with Gasteiger partial charge in [0.25, 0.3) is 0 Å². The van der Waals surface area contributed by atoms with Crippen molar-refractivity contribution in [3.8, 4) is 5.75 Å². The second-order valence-electron chi connectivity index (χ2n) is 3.59. The molecule has 0 atom stereocenters. The van der Waals surface area contributed by atoms with E-state index >= 15 is 0 Å². The second-order valence-corrected chi connectivity index (χ2v) is 3.59. The molecule has 0 aliphatic rings. The average Bonchev–Trinajstić information content (AvgIpc) is 2.28. The lowest BCUT2D eigenvalue weighted by atomic mass is 10.1. The van der Waals surface area contributed by atoms with Crippen molar-refractivity contribution in [3.05, 3.63) is 23.8 Å². The SMILES string of the molecule is COC(=O)CC(=O)Nc1cc(O)ccc1C(C)=O. The number of phenolic OH excluding ortho intramolecular Hbond substituents is 1. The summed E-state index contributed by atoms with van der Waals surface area (Å²) in [6.45, 7) is 1.34. The van der Waals surface area contributed by atoms with Crippen LogP contribution in [0.2, 0.25) is 0 Å². The average molecular weight is 251 g/mol. The molecule has 0 fully saturated rings. The van der Waals surface area contributed by atoms with Crippen molar-refractivity contribution in [1.29, 1.82) is 0 Å². The molecule has 2 N–H and O–H groups in total. The fraction of sp³-hybridized carbons (Fsp3) is 0.250. The Morgan fingerprint density at radius 2 is 2.00 bits per heavy atom. The molecule has 96 valence electrons. The summed E-state index contributed by atoms with van der Waals surface area (Å²) in [4.78, 5) is 33.7. The molecule has 18 heavy (non-hydrogen) atoms. The number of ether oxygens (including phenoxy) is 1. The highest BCUT2D eigenvalue weighted by atomic mass is 16.5. The van der Waals surface area contributed by atoms with Crippen molar-refractivity contribution in [1.82, 2.24) is 0 Å². The summed E-state index contributed by atoms with van der Waals surface area (Å²) in [7, 11) is 1.17. The number of esters is 1. The maximum absolute atomic E-state index is 11.5. The molecule has 6 nitrogen and oxygen atoms in total. The molecule has 0 saturated heterocycles. The summed E-state index contributed by atoms with van der Waals surface area (Å²) in [5.41, 5.74) is 0.419. The van der Waals surface area contributed by atoms with E-state index in [4.69, 9.17) is 0 Å². The number of benzene rings is 1. The second kappa shape index (κ2) is 5.81. The third-order valence-electron chi connectivity index (χ3n) is 2.19. The molecule has 1 rings (SSSR count). The first-order valence-corrected chi connectivity index (χ1v) is 5.14. The van der Waals surface area contributed by atoms with E-state index in [0.717, 1.165) is 0 Å². The van der Waals surface area contributed by atoms with Crippen molar-refractivity contribution >= 4 is 23.3 Å². The molecule has 1 aromatic rings. The molecule has 0 aliphatic heterocycles. The maximum Gasteiger partial charge on any atom is 0.315 e. The van der Waals surface area contributed by atoms with Gasteiger partial charge in [-0.3, -0.25) is 14.4 Å². The van der Waals surface area contributed by atoms with Crippen molar-refractivity contribution in [2.75, 3.05) is 12.4 Å². The molecule has 1 aromatic carbocycles. The summed E-state index contributed by atoms with van der Waals surface area (Å²) in [5, 5.41) is 11.7. The molecular formula is C12H13NO5. The standard InChI is InChI=1S/C12H13NO5/c1-7(14)9-4-3-8(15)5-10(9)13-11(16)6-12(17)18-2/h3-5,15H,6H2,1-2H3,(H,13,16). The van der Waals surface area contributed by atoms with Gasteiger partial charge in [-0.05, 0) is 19.1 Å². The number of ketones is 1. The number of carbonyl (C=O) groups is 3. The first kappa shape index (κ1) is 13.7. The minimum Gasteiger partial charge on any atom is -0.508 e. The zero-order valence-corrected chi connectivity index (χ0v) is 10.0. The fourth-order valence-corrected chi connectivity index (χ4v) is 1.34. The molecular weight excluding hydrogens is 238 g/mol. The number of phenols is 1. The Bertz CT molecular complexity index is 495. The first-order chi connectivity index (χ1) is 8.43. The van der Waals surface area contributed by atoms with Crippen LogP contribution in [0.3, 0.4) is 0 Å². The van der Waals surface area contributed by atoms with Crippen molar-refractivity contribution in [2.45, 2.75) is 13.3 Å². The largest absolute Gasteiger partial charge is 0.508 e. The van der Waals surface area contributed by atoms with Crippen LogP contribution in [0.15, 0.2) is 18.2 Å². The quantitative estimate of drug-likeness (QED) is 0.475. The lowest BCUT2D eigenvalue weighted by Crippen LogP contribution is -2.18. The molecule has 0 saturated carbocycles. The third-order valence-corrected chi connectivity index (χ3v) is 2.19. The molecule has 0 spiro atoms. The third kappa shape index (κ3) is 3.58. The van der Waals surface area contributed by atoms with Crippen LogP contribution in [0, 0.1) is 0 Å². The van der Waals surface area contributed by atoms with Crippen molar-refractivity contribution in [2.24, 2.45) is 0 Å². The molecule has 0 unspecified atom stereocenters. The highest BCUT2D eigenvalue weighted by Gasteiger charge is 2.14. The van der Waals surface area contributed by atoms with Gasteiger partial charge in [0.2, 0.25) is 5.91 Å². The number of aromatic hydroxyl groups is 1. The van der Waals surface area contributed by atoms with Crippen LogP contribution in [-0.4, -0.2) is 29.9 Å². The van der Waals surface area contributed by atoms with Gasteiger partial charge in [0.05, 0.1) is 12.8 Å². The Balaban J connectivity index is 2.89. The molecule has 0 radical (unpaired) electrons. The number of anilines is 1. The summed E-state index contributed by atoms with van der Waals surface area (Å²) >= 11 is 0. The van der Waals surface area contributed by atoms with E-state index in [1.54, 1.807) is 0 Å². The normalized spacial score (nSPS) is 9.67. The van der Waals surface area contributed by atoms with Crippen LogP contribution in [0.4, 0.5) is 5.69 Å². The van der Waals surface area contributed by atoms with Crippen LogP contribution in [0.1, 0.15) is 23.7 Å². The van der Waals surface area contributed by atoms with Gasteiger partial charge in [-0.15, -0.1) is 0 Å². The van der Waals surface area contributed by atoms with E-state index in [0.29, 0.717) is 0 Å². The molecule has 0 aromatic heterocycles. The van der Waals surface area contributed by atoms with Gasteiger partial charge in [-0.2, -0.15) is 0 Å². The first-order valence-electron chi connectivity index (χ1n) is 5.14. The van der Waals surface area contributed by atoms with E-state index in [9.17, 15) is 19.5 Å². The van der Waals surface area contributed by atoms with Crippen LogP contribution in [-0.2, 0) is 14.3 Å². The number of nitrogens with one attached hydrogen (secondary N) is 1. The van der Waals surface area contributed by atoms with E-state index in [1.165, 1.54) is 32.2 Å². The van der Waals surface area contributed by atoms with Gasteiger partial charge < -0.3 is 15.2 Å². The van der Waals surface area contributed by atoms with E-state index in [-0.39, 0.29) is 22.8 Å². The highest BCUT2D eigenvalue weighted by Crippen LogP contribution is 2.22. The Kier molecular flexibility index (Phi) is 4.42. The van der Waals surface area contributed by atoms with Crippen LogP contribution in [0.25, 0.3) is 0 Å². The van der Waals surface area contributed by atoms with E-state index < -0.39 is 18.3 Å². The van der Waals surface area contributed by atoms with Gasteiger partial charge in [-0.25, -0.2) is 0 Å². The van der Waals surface area contributed by atoms with Crippen molar-refractivity contribution in [3.63, 3.8) is 0 Å². The zero-order valence-electron chi connectivity index (χ0n) is 10.0. The summed E-state index contributed by atoms with van der Waals surface area (Å²) < 4.78 is 4.34. The highest BCUT2D eigenvalue weighted by molar-refractivity contribution is 6.07. The Morgan fingerprint density at radius 1 is 1.33 bits per heavy atom. The van der Waals surface area contributed by atoms with E-state index in [2.05, 4.69) is 10.1 Å². The number of rotatable bonds is 4. The van der Waals surface area contributed by atoms with E-state index in [1.807, 2.05) is 0 Å². The molecule has 0 bridgehead atoms. The van der Waals surface area contributed by atoms with Gasteiger partial charge >= 0.3 is 5.97 Å². The zero-order chi connectivity index (χ0) is 13.7. The monoisotopic (exact) mass is 251 g/mol. The molecule has 0 aliphatic carbocycles. The Labute approximate surface area is 104 Å². The number of hydrogen-bond acceptors (Lipinski definition) is 5. The maximum atomic E-state index is 11.5. The minimum atomic E-state index is -0.683. The number of amides is 1. The molecule has 6 heteroatoms. The van der Waals surface area contributed by atoms with Crippen LogP contribution < -0.4 is 5.32 Å². The predicted molar refractivity (Wildman–Crippen MR) is 63.4 cm³/mol. The summed E-state index contributed by atoms with van der Waals surface area (Å²) in [6.07, 6.45) is -0.455. The molecule has 0 heterocycles. The fourth-order valence-electron chi connectivity index (χ4n) is 1.34. The number of carbonyl (C=O) groups excluding carboxylic acids is 3. The van der Waals surface area contributed by atoms with Gasteiger partial charge in [0.15, 0.2) is 5.78 Å². The summed E-state index contributed by atoms with van der Waals surface area (Å²) in [6, 6.07) is 3.98. The predicted octanol–water partition coefficient (Wildman–Crippen LogP) is 1.10. The number of methoxy groups -OCH3 is 1. The number of hydrogen-bond donors (Lipinski definition) is 2.